The number of rotatable bonds is 7. The van der Waals surface area contributed by atoms with E-state index < -0.39 is 5.41 Å². The lowest BCUT2D eigenvalue weighted by atomic mass is 9.75. The summed E-state index contributed by atoms with van der Waals surface area (Å²) in [6.45, 7) is 3.31. The van der Waals surface area contributed by atoms with Crippen molar-refractivity contribution < 1.29 is 23.9 Å². The number of carbonyl (C=O) groups excluding carboxylic acids is 4. The second-order valence-electron chi connectivity index (χ2n) is 10.1. The zero-order valence-corrected chi connectivity index (χ0v) is 20.7. The van der Waals surface area contributed by atoms with Gasteiger partial charge in [-0.3, -0.25) is 24.1 Å². The summed E-state index contributed by atoms with van der Waals surface area (Å²) in [5.41, 5.74) is 1.57. The van der Waals surface area contributed by atoms with Gasteiger partial charge in [0, 0.05) is 38.5 Å². The van der Waals surface area contributed by atoms with Crippen molar-refractivity contribution in [2.75, 3.05) is 26.7 Å². The number of imide groups is 1. The first kappa shape index (κ1) is 24.0. The van der Waals surface area contributed by atoms with Gasteiger partial charge in [0.2, 0.25) is 23.6 Å². The first-order valence-electron chi connectivity index (χ1n) is 12.4. The lowest BCUT2D eigenvalue weighted by Crippen LogP contribution is -2.53. The number of nitrogens with zero attached hydrogens (tertiary/aromatic N) is 3. The molecule has 2 aromatic rings. The van der Waals surface area contributed by atoms with Crippen LogP contribution in [-0.4, -0.2) is 71.1 Å². The van der Waals surface area contributed by atoms with Gasteiger partial charge in [0.25, 0.3) is 0 Å². The third-order valence-corrected chi connectivity index (χ3v) is 7.52. The summed E-state index contributed by atoms with van der Waals surface area (Å²) < 4.78 is 5.25. The monoisotopic (exact) mass is 489 g/mol. The highest BCUT2D eigenvalue weighted by Gasteiger charge is 2.57. The van der Waals surface area contributed by atoms with Crippen molar-refractivity contribution in [1.29, 1.82) is 0 Å². The van der Waals surface area contributed by atoms with Gasteiger partial charge < -0.3 is 14.5 Å². The van der Waals surface area contributed by atoms with Crippen LogP contribution in [-0.2, 0) is 31.1 Å². The third kappa shape index (κ3) is 4.47. The van der Waals surface area contributed by atoms with E-state index in [0.717, 1.165) is 24.0 Å². The average Bonchev–Trinajstić information content (AvgIpc) is 3.67. The van der Waals surface area contributed by atoms with Crippen molar-refractivity contribution in [1.82, 2.24) is 14.7 Å². The van der Waals surface area contributed by atoms with E-state index in [9.17, 15) is 19.2 Å². The first-order valence-corrected chi connectivity index (χ1v) is 12.4. The van der Waals surface area contributed by atoms with Crippen LogP contribution >= 0.6 is 0 Å². The number of hydrogen-bond donors (Lipinski definition) is 0. The van der Waals surface area contributed by atoms with Crippen molar-refractivity contribution in [3.63, 3.8) is 0 Å². The Labute approximate surface area is 210 Å². The molecule has 5 rings (SSSR count). The van der Waals surface area contributed by atoms with E-state index in [1.165, 1.54) is 9.80 Å². The van der Waals surface area contributed by atoms with Crippen LogP contribution in [0, 0.1) is 6.92 Å². The number of aryl methyl sites for hydroxylation is 1. The predicted molar refractivity (Wildman–Crippen MR) is 132 cm³/mol. The molecule has 1 aliphatic carbocycles. The molecule has 4 amide bonds. The molecule has 188 valence electrons. The summed E-state index contributed by atoms with van der Waals surface area (Å²) >= 11 is 0. The molecule has 0 radical (unpaired) electrons. The minimum Gasteiger partial charge on any atom is -0.497 e. The number of piperazine rings is 1. The molecule has 0 bridgehead atoms. The number of carbonyl (C=O) groups is 4. The van der Waals surface area contributed by atoms with Gasteiger partial charge in [0.05, 0.1) is 19.1 Å². The molecule has 2 saturated heterocycles. The van der Waals surface area contributed by atoms with Crippen molar-refractivity contribution in [2.45, 2.75) is 50.6 Å². The van der Waals surface area contributed by atoms with E-state index in [4.69, 9.17) is 4.74 Å². The molecule has 8 heteroatoms. The second-order valence-corrected chi connectivity index (χ2v) is 10.1. The Morgan fingerprint density at radius 3 is 2.28 bits per heavy atom. The topological polar surface area (TPSA) is 87.2 Å². The van der Waals surface area contributed by atoms with Crippen LogP contribution in [0.15, 0.2) is 48.5 Å². The van der Waals surface area contributed by atoms with Crippen LogP contribution in [0.5, 0.6) is 5.75 Å². The molecule has 3 aliphatic rings. The molecule has 1 atom stereocenters. The summed E-state index contributed by atoms with van der Waals surface area (Å²) in [7, 11) is 1.56. The molecular formula is C28H31N3O5. The maximum Gasteiger partial charge on any atom is 0.242 e. The molecular weight excluding hydrogens is 458 g/mol. The van der Waals surface area contributed by atoms with Gasteiger partial charge in [-0.15, -0.1) is 0 Å². The second kappa shape index (κ2) is 9.41. The van der Waals surface area contributed by atoms with E-state index in [0.29, 0.717) is 30.9 Å². The van der Waals surface area contributed by atoms with E-state index in [1.807, 2.05) is 31.2 Å². The lowest BCUT2D eigenvalue weighted by molar-refractivity contribution is -0.148. The number of likely N-dealkylation sites (tertiary alicyclic amines) is 1. The Morgan fingerprint density at radius 1 is 0.972 bits per heavy atom. The molecule has 0 aromatic heterocycles. The SMILES string of the molecule is COc1ccc(C2(CC(=O)N3CCN(Cc4ccc(C)cc4)C(=O)C3)CC(=O)N(C3CC3)C2=O)cc1. The molecule has 2 aromatic carbocycles. The summed E-state index contributed by atoms with van der Waals surface area (Å²) in [5, 5.41) is 0. The number of methoxy groups -OCH3 is 1. The number of ether oxygens (including phenoxy) is 1. The van der Waals surface area contributed by atoms with Crippen molar-refractivity contribution >= 4 is 23.6 Å². The van der Waals surface area contributed by atoms with Crippen molar-refractivity contribution in [3.05, 3.63) is 65.2 Å². The zero-order chi connectivity index (χ0) is 25.4. The van der Waals surface area contributed by atoms with Gasteiger partial charge >= 0.3 is 0 Å². The highest BCUT2D eigenvalue weighted by molar-refractivity contribution is 6.11. The van der Waals surface area contributed by atoms with Gasteiger partial charge in [-0.05, 0) is 43.0 Å². The summed E-state index contributed by atoms with van der Waals surface area (Å²) in [5.74, 6) is -0.315. The van der Waals surface area contributed by atoms with Gasteiger partial charge in [0.1, 0.15) is 5.75 Å². The van der Waals surface area contributed by atoms with Crippen LogP contribution in [0.3, 0.4) is 0 Å². The Balaban J connectivity index is 1.33. The molecule has 8 nitrogen and oxygen atoms in total. The highest BCUT2D eigenvalue weighted by Crippen LogP contribution is 2.44. The molecule has 1 saturated carbocycles. The first-order chi connectivity index (χ1) is 17.3. The van der Waals surface area contributed by atoms with Crippen LogP contribution < -0.4 is 4.74 Å². The van der Waals surface area contributed by atoms with E-state index in [-0.39, 0.29) is 49.1 Å². The number of hydrogen-bond acceptors (Lipinski definition) is 5. The normalized spacial score (nSPS) is 22.4. The van der Waals surface area contributed by atoms with Gasteiger partial charge in [-0.25, -0.2) is 0 Å². The van der Waals surface area contributed by atoms with Crippen LogP contribution in [0.1, 0.15) is 42.4 Å². The van der Waals surface area contributed by atoms with Gasteiger partial charge in [-0.2, -0.15) is 0 Å². The molecule has 0 N–H and O–H groups in total. The fourth-order valence-electron chi connectivity index (χ4n) is 5.21. The van der Waals surface area contributed by atoms with E-state index in [1.54, 1.807) is 36.3 Å². The Bertz CT molecular complexity index is 1190. The molecule has 2 heterocycles. The van der Waals surface area contributed by atoms with Crippen LogP contribution in [0.25, 0.3) is 0 Å². The fourth-order valence-corrected chi connectivity index (χ4v) is 5.21. The third-order valence-electron chi connectivity index (χ3n) is 7.52. The molecule has 36 heavy (non-hydrogen) atoms. The lowest BCUT2D eigenvalue weighted by Gasteiger charge is -2.36. The minimum absolute atomic E-state index is 0.0299. The van der Waals surface area contributed by atoms with E-state index >= 15 is 0 Å². The van der Waals surface area contributed by atoms with Gasteiger partial charge in [0.15, 0.2) is 0 Å². The molecule has 3 fully saturated rings. The maximum absolute atomic E-state index is 13.7. The van der Waals surface area contributed by atoms with Crippen molar-refractivity contribution in [2.24, 2.45) is 0 Å². The standard InChI is InChI=1S/C28H31N3O5/c1-19-3-5-20(6-4-19)17-29-13-14-30(18-26(29)34)24(32)15-28(21-7-11-23(36-2)12-8-21)16-25(33)31(27(28)35)22-9-10-22/h3-8,11-12,22H,9-10,13-18H2,1-2H3. The quantitative estimate of drug-likeness (QED) is 0.558. The Hall–Kier alpha value is -3.68. The number of amides is 4. The Morgan fingerprint density at radius 2 is 1.67 bits per heavy atom. The average molecular weight is 490 g/mol. The smallest absolute Gasteiger partial charge is 0.242 e. The van der Waals surface area contributed by atoms with Crippen molar-refractivity contribution in [3.8, 4) is 5.75 Å². The zero-order valence-electron chi connectivity index (χ0n) is 20.7. The fraction of sp³-hybridized carbons (Fsp3) is 0.429. The van der Waals surface area contributed by atoms with Gasteiger partial charge in [-0.1, -0.05) is 42.0 Å². The maximum atomic E-state index is 13.7. The Kier molecular flexibility index (Phi) is 6.28. The summed E-state index contributed by atoms with van der Waals surface area (Å²) in [4.78, 5) is 57.6. The molecule has 0 spiro atoms. The highest BCUT2D eigenvalue weighted by atomic mass is 16.5. The van der Waals surface area contributed by atoms with Crippen LogP contribution in [0.2, 0.25) is 0 Å². The van der Waals surface area contributed by atoms with E-state index in [2.05, 4.69) is 0 Å². The largest absolute Gasteiger partial charge is 0.497 e. The minimum atomic E-state index is -1.26. The molecule has 2 aliphatic heterocycles. The molecule has 1 unspecified atom stereocenters. The number of benzene rings is 2. The summed E-state index contributed by atoms with van der Waals surface area (Å²) in [6, 6.07) is 15.0. The summed E-state index contributed by atoms with van der Waals surface area (Å²) in [6.07, 6.45) is 1.43. The van der Waals surface area contributed by atoms with Crippen LogP contribution in [0.4, 0.5) is 0 Å². The predicted octanol–water partition coefficient (Wildman–Crippen LogP) is 2.42.